The molecule has 2 nitrogen and oxygen atoms in total. The first-order valence-electron chi connectivity index (χ1n) is 6.47. The Kier molecular flexibility index (Phi) is 4.08. The molecule has 0 bridgehead atoms. The van der Waals surface area contributed by atoms with E-state index < -0.39 is 0 Å². The molecule has 2 rings (SSSR count). The zero-order chi connectivity index (χ0) is 13.0. The van der Waals surface area contributed by atoms with Crippen LogP contribution in [0.1, 0.15) is 43.0 Å². The quantitative estimate of drug-likeness (QED) is 0.756. The van der Waals surface area contributed by atoms with Gasteiger partial charge in [0, 0.05) is 12.0 Å². The maximum atomic E-state index is 12.4. The molecule has 0 aliphatic heterocycles. The Hall–Kier alpha value is -1.70. The maximum Gasteiger partial charge on any atom is 0.188 e. The average Bonchev–Trinajstić information content (AvgIpc) is 2.39. The number of rotatable bonds is 4. The van der Waals surface area contributed by atoms with Gasteiger partial charge in [-0.05, 0) is 37.7 Å². The van der Waals surface area contributed by atoms with Crippen LogP contribution in [0.5, 0.6) is 0 Å². The van der Waals surface area contributed by atoms with Gasteiger partial charge in [-0.2, -0.15) is 0 Å². The van der Waals surface area contributed by atoms with Crippen molar-refractivity contribution in [2.24, 2.45) is 5.92 Å². The van der Waals surface area contributed by atoms with E-state index in [1.54, 1.807) is 6.92 Å². The van der Waals surface area contributed by atoms with E-state index in [0.717, 1.165) is 30.4 Å². The fraction of sp³-hybridized carbons (Fsp3) is 0.375. The van der Waals surface area contributed by atoms with Gasteiger partial charge in [0.05, 0.1) is 0 Å². The third-order valence-electron chi connectivity index (χ3n) is 3.39. The predicted octanol–water partition coefficient (Wildman–Crippen LogP) is 3.57. The van der Waals surface area contributed by atoms with E-state index in [9.17, 15) is 9.59 Å². The summed E-state index contributed by atoms with van der Waals surface area (Å²) in [5.74, 6) is 0.360. The number of hydrogen-bond acceptors (Lipinski definition) is 2. The third-order valence-corrected chi connectivity index (χ3v) is 3.39. The molecule has 0 N–H and O–H groups in total. The number of carbonyl (C=O) groups excluding carboxylic acids is 2. The van der Waals surface area contributed by atoms with Crippen molar-refractivity contribution in [3.05, 3.63) is 47.5 Å². The fourth-order valence-corrected chi connectivity index (χ4v) is 2.54. The van der Waals surface area contributed by atoms with Crippen LogP contribution in [-0.2, 0) is 4.79 Å². The Morgan fingerprint density at radius 1 is 1.22 bits per heavy atom. The van der Waals surface area contributed by atoms with E-state index in [1.165, 1.54) is 0 Å². The minimum absolute atomic E-state index is 0.0848. The number of allylic oxidation sites excluding steroid dienone is 2. The van der Waals surface area contributed by atoms with E-state index in [4.69, 9.17) is 0 Å². The Labute approximate surface area is 108 Å². The normalized spacial score (nSPS) is 19.2. The highest BCUT2D eigenvalue weighted by atomic mass is 16.1. The van der Waals surface area contributed by atoms with Crippen molar-refractivity contribution in [2.45, 2.75) is 32.6 Å². The summed E-state index contributed by atoms with van der Waals surface area (Å²) in [4.78, 5) is 23.7. The highest BCUT2D eigenvalue weighted by Crippen LogP contribution is 2.30. The monoisotopic (exact) mass is 242 g/mol. The molecule has 0 saturated heterocycles. The Morgan fingerprint density at radius 3 is 2.61 bits per heavy atom. The van der Waals surface area contributed by atoms with Gasteiger partial charge in [-0.1, -0.05) is 36.4 Å². The molecule has 1 atom stereocenters. The molecule has 1 unspecified atom stereocenters. The second-order valence-corrected chi connectivity index (χ2v) is 4.89. The molecule has 0 fully saturated rings. The molecule has 0 radical (unpaired) electrons. The van der Waals surface area contributed by atoms with E-state index >= 15 is 0 Å². The lowest BCUT2D eigenvalue weighted by molar-refractivity contribution is -0.117. The Balaban J connectivity index is 2.22. The summed E-state index contributed by atoms with van der Waals surface area (Å²) in [6.45, 7) is 1.60. The smallest absolute Gasteiger partial charge is 0.188 e. The predicted molar refractivity (Wildman–Crippen MR) is 71.5 cm³/mol. The van der Waals surface area contributed by atoms with Crippen molar-refractivity contribution in [1.82, 2.24) is 0 Å². The lowest BCUT2D eigenvalue weighted by Crippen LogP contribution is -2.19. The standard InChI is InChI=1S/C16H18O2/c1-12(17)11-14-9-5-6-10-15(14)16(18)13-7-3-2-4-8-13/h2-4,7-8,10,14H,5-6,9,11H2,1H3. The van der Waals surface area contributed by atoms with Gasteiger partial charge in [0.25, 0.3) is 0 Å². The van der Waals surface area contributed by atoms with Crippen LogP contribution in [0.15, 0.2) is 42.0 Å². The molecule has 1 aromatic rings. The van der Waals surface area contributed by atoms with Crippen molar-refractivity contribution < 1.29 is 9.59 Å². The summed E-state index contributed by atoms with van der Waals surface area (Å²) in [5.41, 5.74) is 1.56. The first kappa shape index (κ1) is 12.7. The molecule has 1 aliphatic rings. The second-order valence-electron chi connectivity index (χ2n) is 4.89. The molecular formula is C16H18O2. The molecule has 18 heavy (non-hydrogen) atoms. The van der Waals surface area contributed by atoms with Crippen LogP contribution in [-0.4, -0.2) is 11.6 Å². The van der Waals surface area contributed by atoms with Crippen LogP contribution < -0.4 is 0 Å². The number of benzene rings is 1. The first-order valence-corrected chi connectivity index (χ1v) is 6.47. The van der Waals surface area contributed by atoms with E-state index in [1.807, 2.05) is 36.4 Å². The molecule has 1 aliphatic carbocycles. The van der Waals surface area contributed by atoms with Crippen LogP contribution in [0.2, 0.25) is 0 Å². The van der Waals surface area contributed by atoms with E-state index in [-0.39, 0.29) is 17.5 Å². The van der Waals surface area contributed by atoms with Crippen LogP contribution in [0, 0.1) is 5.92 Å². The second kappa shape index (κ2) is 5.76. The molecular weight excluding hydrogens is 224 g/mol. The van der Waals surface area contributed by atoms with E-state index in [0.29, 0.717) is 6.42 Å². The zero-order valence-corrected chi connectivity index (χ0v) is 10.7. The number of carbonyl (C=O) groups is 2. The molecule has 94 valence electrons. The summed E-state index contributed by atoms with van der Waals surface area (Å²) in [7, 11) is 0. The summed E-state index contributed by atoms with van der Waals surface area (Å²) in [5, 5.41) is 0. The lowest BCUT2D eigenvalue weighted by atomic mass is 9.81. The summed E-state index contributed by atoms with van der Waals surface area (Å²) >= 11 is 0. The minimum atomic E-state index is 0.0848. The van der Waals surface area contributed by atoms with Crippen molar-refractivity contribution in [1.29, 1.82) is 0 Å². The number of Topliss-reactive ketones (excluding diaryl/α,β-unsaturated/α-hetero) is 2. The van der Waals surface area contributed by atoms with Crippen LogP contribution in [0.3, 0.4) is 0 Å². The fourth-order valence-electron chi connectivity index (χ4n) is 2.54. The van der Waals surface area contributed by atoms with Crippen molar-refractivity contribution in [2.75, 3.05) is 0 Å². The van der Waals surface area contributed by atoms with Crippen molar-refractivity contribution in [3.8, 4) is 0 Å². The highest BCUT2D eigenvalue weighted by molar-refractivity contribution is 6.09. The molecule has 2 heteroatoms. The van der Waals surface area contributed by atoms with Gasteiger partial charge in [-0.25, -0.2) is 0 Å². The SMILES string of the molecule is CC(=O)CC1CCCC=C1C(=O)c1ccccc1. The molecule has 0 aromatic heterocycles. The molecule has 0 heterocycles. The van der Waals surface area contributed by atoms with Crippen molar-refractivity contribution >= 4 is 11.6 Å². The number of ketones is 2. The van der Waals surface area contributed by atoms with Gasteiger partial charge in [0.1, 0.15) is 5.78 Å². The Morgan fingerprint density at radius 2 is 1.94 bits per heavy atom. The van der Waals surface area contributed by atoms with Crippen molar-refractivity contribution in [3.63, 3.8) is 0 Å². The topological polar surface area (TPSA) is 34.1 Å². The molecule has 1 aromatic carbocycles. The number of hydrogen-bond donors (Lipinski definition) is 0. The van der Waals surface area contributed by atoms with Gasteiger partial charge >= 0.3 is 0 Å². The van der Waals surface area contributed by atoms with Gasteiger partial charge in [0.2, 0.25) is 0 Å². The lowest BCUT2D eigenvalue weighted by Gasteiger charge is -2.22. The first-order chi connectivity index (χ1) is 8.68. The summed E-state index contributed by atoms with van der Waals surface area (Å²) in [6, 6.07) is 9.32. The largest absolute Gasteiger partial charge is 0.300 e. The zero-order valence-electron chi connectivity index (χ0n) is 10.7. The molecule has 0 saturated carbocycles. The average molecular weight is 242 g/mol. The summed E-state index contributed by atoms with van der Waals surface area (Å²) in [6.07, 6.45) is 5.48. The third kappa shape index (κ3) is 2.95. The maximum absolute atomic E-state index is 12.4. The van der Waals surface area contributed by atoms with E-state index in [2.05, 4.69) is 0 Å². The van der Waals surface area contributed by atoms with Crippen LogP contribution >= 0.6 is 0 Å². The minimum Gasteiger partial charge on any atom is -0.300 e. The molecule has 0 spiro atoms. The van der Waals surface area contributed by atoms with Gasteiger partial charge in [-0.15, -0.1) is 0 Å². The van der Waals surface area contributed by atoms with Gasteiger partial charge < -0.3 is 4.79 Å². The summed E-state index contributed by atoms with van der Waals surface area (Å²) < 4.78 is 0. The molecule has 0 amide bonds. The Bertz CT molecular complexity index is 471. The van der Waals surface area contributed by atoms with Gasteiger partial charge in [0.15, 0.2) is 5.78 Å². The highest BCUT2D eigenvalue weighted by Gasteiger charge is 2.25. The van der Waals surface area contributed by atoms with Gasteiger partial charge in [-0.3, -0.25) is 4.79 Å². The van der Waals surface area contributed by atoms with Crippen LogP contribution in [0.25, 0.3) is 0 Å². The van der Waals surface area contributed by atoms with Crippen LogP contribution in [0.4, 0.5) is 0 Å².